The van der Waals surface area contributed by atoms with Crippen molar-refractivity contribution >= 4 is 0 Å². The summed E-state index contributed by atoms with van der Waals surface area (Å²) in [6, 6.07) is 0.442. The molecule has 0 radical (unpaired) electrons. The Morgan fingerprint density at radius 2 is 2.09 bits per heavy atom. The summed E-state index contributed by atoms with van der Waals surface area (Å²) in [7, 11) is 3.97. The van der Waals surface area contributed by atoms with Crippen LogP contribution in [-0.2, 0) is 23.1 Å². The van der Waals surface area contributed by atoms with Crippen LogP contribution in [0.25, 0.3) is 0 Å². The molecule has 6 heteroatoms. The van der Waals surface area contributed by atoms with E-state index in [2.05, 4.69) is 26.7 Å². The largest absolute Gasteiger partial charge is 0.381 e. The Bertz CT molecular complexity index is 543. The monoisotopic (exact) mass is 320 g/mol. The molecule has 2 saturated carbocycles. The van der Waals surface area contributed by atoms with Gasteiger partial charge in [0.2, 0.25) is 0 Å². The molecule has 1 aromatic heterocycles. The van der Waals surface area contributed by atoms with Gasteiger partial charge in [-0.15, -0.1) is 10.2 Å². The van der Waals surface area contributed by atoms with E-state index in [1.165, 1.54) is 37.9 Å². The van der Waals surface area contributed by atoms with Crippen LogP contribution in [0.3, 0.4) is 0 Å². The van der Waals surface area contributed by atoms with Gasteiger partial charge in [0.15, 0.2) is 0 Å². The zero-order chi connectivity index (χ0) is 15.8. The number of aromatic nitrogens is 3. The van der Waals surface area contributed by atoms with Gasteiger partial charge in [-0.1, -0.05) is 6.42 Å². The lowest BCUT2D eigenvalue weighted by Gasteiger charge is -2.40. The second-order valence-electron chi connectivity index (χ2n) is 7.29. The SMILES string of the molecule is CO[C@@H]1CCC[C@@H]1[C@H]1COCCN1Cc1nnc(C2CC2)n1C. The summed E-state index contributed by atoms with van der Waals surface area (Å²) in [6.45, 7) is 3.48. The molecule has 0 aromatic carbocycles. The molecule has 0 amide bonds. The van der Waals surface area contributed by atoms with Crippen molar-refractivity contribution in [3.63, 3.8) is 0 Å². The van der Waals surface area contributed by atoms with Gasteiger partial charge in [0, 0.05) is 38.6 Å². The third-order valence-corrected chi connectivity index (χ3v) is 5.87. The van der Waals surface area contributed by atoms with Crippen molar-refractivity contribution < 1.29 is 9.47 Å². The van der Waals surface area contributed by atoms with E-state index in [0.29, 0.717) is 24.0 Å². The number of hydrogen-bond acceptors (Lipinski definition) is 5. The van der Waals surface area contributed by atoms with Crippen LogP contribution in [0.5, 0.6) is 0 Å². The molecule has 2 aliphatic carbocycles. The van der Waals surface area contributed by atoms with Gasteiger partial charge < -0.3 is 14.0 Å². The lowest BCUT2D eigenvalue weighted by molar-refractivity contribution is -0.0618. The van der Waals surface area contributed by atoms with E-state index in [1.807, 2.05) is 7.11 Å². The standard InChI is InChI=1S/C17H28N4O2/c1-20-16(18-19-17(20)12-6-7-12)10-21-8-9-23-11-14(21)13-4-3-5-15(13)22-2/h12-15H,3-11H2,1-2H3/t13-,14-,15-/m1/s1. The van der Waals surface area contributed by atoms with E-state index in [1.54, 1.807) is 0 Å². The van der Waals surface area contributed by atoms with Gasteiger partial charge in [-0.2, -0.15) is 0 Å². The van der Waals surface area contributed by atoms with Crippen LogP contribution in [0, 0.1) is 5.92 Å². The number of methoxy groups -OCH3 is 1. The highest BCUT2D eigenvalue weighted by Gasteiger charge is 2.39. The summed E-state index contributed by atoms with van der Waals surface area (Å²) in [4.78, 5) is 2.55. The smallest absolute Gasteiger partial charge is 0.146 e. The lowest BCUT2D eigenvalue weighted by Crippen LogP contribution is -2.51. The van der Waals surface area contributed by atoms with E-state index in [4.69, 9.17) is 9.47 Å². The molecular formula is C17H28N4O2. The zero-order valence-electron chi connectivity index (χ0n) is 14.3. The van der Waals surface area contributed by atoms with E-state index in [0.717, 1.165) is 32.1 Å². The molecule has 128 valence electrons. The predicted octanol–water partition coefficient (Wildman–Crippen LogP) is 1.71. The van der Waals surface area contributed by atoms with Gasteiger partial charge in [-0.05, 0) is 25.7 Å². The molecule has 3 aliphatic rings. The van der Waals surface area contributed by atoms with Crippen LogP contribution in [-0.4, -0.2) is 58.7 Å². The van der Waals surface area contributed by atoms with E-state index in [-0.39, 0.29) is 0 Å². The molecule has 4 rings (SSSR count). The van der Waals surface area contributed by atoms with Crippen LogP contribution in [0.15, 0.2) is 0 Å². The highest BCUT2D eigenvalue weighted by atomic mass is 16.5. The zero-order valence-corrected chi connectivity index (χ0v) is 14.3. The summed E-state index contributed by atoms with van der Waals surface area (Å²) in [5.41, 5.74) is 0. The molecule has 3 fully saturated rings. The first kappa shape index (κ1) is 15.5. The third-order valence-electron chi connectivity index (χ3n) is 5.87. The fourth-order valence-corrected chi connectivity index (χ4v) is 4.33. The molecule has 3 atom stereocenters. The van der Waals surface area contributed by atoms with Gasteiger partial charge in [0.1, 0.15) is 11.6 Å². The number of rotatable bonds is 5. The van der Waals surface area contributed by atoms with Gasteiger partial charge in [0.05, 0.1) is 25.9 Å². The Morgan fingerprint density at radius 3 is 2.87 bits per heavy atom. The van der Waals surface area contributed by atoms with Crippen LogP contribution < -0.4 is 0 Å². The average molecular weight is 320 g/mol. The topological polar surface area (TPSA) is 52.4 Å². The molecule has 1 saturated heterocycles. The highest BCUT2D eigenvalue weighted by molar-refractivity contribution is 5.08. The summed E-state index contributed by atoms with van der Waals surface area (Å²) in [5.74, 6) is 3.48. The van der Waals surface area contributed by atoms with Gasteiger partial charge >= 0.3 is 0 Å². The van der Waals surface area contributed by atoms with Crippen LogP contribution in [0.4, 0.5) is 0 Å². The molecule has 0 N–H and O–H groups in total. The molecule has 6 nitrogen and oxygen atoms in total. The first-order valence-corrected chi connectivity index (χ1v) is 9.00. The fraction of sp³-hybridized carbons (Fsp3) is 0.882. The normalized spacial score (nSPS) is 32.5. The van der Waals surface area contributed by atoms with E-state index >= 15 is 0 Å². The van der Waals surface area contributed by atoms with Crippen LogP contribution >= 0.6 is 0 Å². The van der Waals surface area contributed by atoms with Crippen molar-refractivity contribution in [1.82, 2.24) is 19.7 Å². The first-order valence-electron chi connectivity index (χ1n) is 9.00. The van der Waals surface area contributed by atoms with Crippen molar-refractivity contribution in [2.45, 2.75) is 56.7 Å². The lowest BCUT2D eigenvalue weighted by atomic mass is 9.94. The van der Waals surface area contributed by atoms with Crippen molar-refractivity contribution in [2.24, 2.45) is 13.0 Å². The summed E-state index contributed by atoms with van der Waals surface area (Å²) < 4.78 is 13.7. The number of nitrogens with zero attached hydrogens (tertiary/aromatic N) is 4. The molecule has 1 aliphatic heterocycles. The molecule has 0 spiro atoms. The Labute approximate surface area is 138 Å². The second kappa shape index (κ2) is 6.49. The molecule has 2 heterocycles. The van der Waals surface area contributed by atoms with Crippen LogP contribution in [0.2, 0.25) is 0 Å². The highest BCUT2D eigenvalue weighted by Crippen LogP contribution is 2.39. The van der Waals surface area contributed by atoms with E-state index < -0.39 is 0 Å². The summed E-state index contributed by atoms with van der Waals surface area (Å²) in [5, 5.41) is 8.90. The van der Waals surface area contributed by atoms with Crippen LogP contribution in [0.1, 0.15) is 49.7 Å². The van der Waals surface area contributed by atoms with Gasteiger partial charge in [0.25, 0.3) is 0 Å². The maximum atomic E-state index is 5.80. The van der Waals surface area contributed by atoms with E-state index in [9.17, 15) is 0 Å². The van der Waals surface area contributed by atoms with Crippen molar-refractivity contribution in [2.75, 3.05) is 26.9 Å². The Kier molecular flexibility index (Phi) is 4.39. The van der Waals surface area contributed by atoms with Gasteiger partial charge in [-0.25, -0.2) is 0 Å². The Morgan fingerprint density at radius 1 is 1.22 bits per heavy atom. The minimum Gasteiger partial charge on any atom is -0.381 e. The minimum absolute atomic E-state index is 0.380. The Hall–Kier alpha value is -0.980. The summed E-state index contributed by atoms with van der Waals surface area (Å²) >= 11 is 0. The molecule has 0 unspecified atom stereocenters. The maximum Gasteiger partial charge on any atom is 0.146 e. The molecule has 0 bridgehead atoms. The summed E-state index contributed by atoms with van der Waals surface area (Å²) in [6.07, 6.45) is 6.61. The van der Waals surface area contributed by atoms with Crippen molar-refractivity contribution in [1.29, 1.82) is 0 Å². The molecule has 23 heavy (non-hydrogen) atoms. The fourth-order valence-electron chi connectivity index (χ4n) is 4.33. The second-order valence-corrected chi connectivity index (χ2v) is 7.29. The molecular weight excluding hydrogens is 292 g/mol. The van der Waals surface area contributed by atoms with Gasteiger partial charge in [-0.3, -0.25) is 4.90 Å². The molecule has 1 aromatic rings. The number of morpholine rings is 1. The quantitative estimate of drug-likeness (QED) is 0.827. The third kappa shape index (κ3) is 3.04. The Balaban J connectivity index is 1.49. The van der Waals surface area contributed by atoms with Crippen molar-refractivity contribution in [3.8, 4) is 0 Å². The van der Waals surface area contributed by atoms with Crippen molar-refractivity contribution in [3.05, 3.63) is 11.6 Å². The first-order chi connectivity index (χ1) is 11.3. The number of ether oxygens (including phenoxy) is 2. The minimum atomic E-state index is 0.380. The number of hydrogen-bond donors (Lipinski definition) is 0. The predicted molar refractivity (Wildman–Crippen MR) is 86.1 cm³/mol. The average Bonchev–Trinajstić information content (AvgIpc) is 3.19. The maximum absolute atomic E-state index is 5.80.